The summed E-state index contributed by atoms with van der Waals surface area (Å²) < 4.78 is 38.0. The molecule has 0 aliphatic rings. The standard InChI is InChI=1S/C9H9F3N4O/c1-4-5(2)15-16(8(4)17)7-3-6(13-14-7)9(10,11)12/h3,15H,1-2H3,(H,13,14). The molecule has 0 aromatic carbocycles. The van der Waals surface area contributed by atoms with Crippen LogP contribution in [-0.2, 0) is 6.18 Å². The van der Waals surface area contributed by atoms with E-state index in [4.69, 9.17) is 0 Å². The summed E-state index contributed by atoms with van der Waals surface area (Å²) in [6.45, 7) is 3.24. The summed E-state index contributed by atoms with van der Waals surface area (Å²) in [4.78, 5) is 11.6. The van der Waals surface area contributed by atoms with Crippen LogP contribution < -0.4 is 5.56 Å². The molecule has 92 valence electrons. The minimum absolute atomic E-state index is 0.112. The van der Waals surface area contributed by atoms with Crippen LogP contribution >= 0.6 is 0 Å². The summed E-state index contributed by atoms with van der Waals surface area (Å²) in [5.74, 6) is -0.112. The van der Waals surface area contributed by atoms with E-state index in [-0.39, 0.29) is 5.82 Å². The third-order valence-electron chi connectivity index (χ3n) is 2.46. The smallest absolute Gasteiger partial charge is 0.294 e. The molecule has 0 unspecified atom stereocenters. The number of nitrogens with zero attached hydrogens (tertiary/aromatic N) is 2. The molecular weight excluding hydrogens is 237 g/mol. The van der Waals surface area contributed by atoms with Crippen molar-refractivity contribution in [3.8, 4) is 5.82 Å². The fraction of sp³-hybridized carbons (Fsp3) is 0.333. The van der Waals surface area contributed by atoms with E-state index in [0.29, 0.717) is 11.3 Å². The fourth-order valence-electron chi connectivity index (χ4n) is 1.36. The van der Waals surface area contributed by atoms with Gasteiger partial charge in [0.25, 0.3) is 5.56 Å². The quantitative estimate of drug-likeness (QED) is 0.801. The van der Waals surface area contributed by atoms with Gasteiger partial charge in [0, 0.05) is 17.3 Å². The third kappa shape index (κ3) is 1.85. The highest BCUT2D eigenvalue weighted by Gasteiger charge is 2.33. The van der Waals surface area contributed by atoms with Gasteiger partial charge >= 0.3 is 6.18 Å². The Balaban J connectivity index is 2.51. The Bertz CT molecular complexity index is 605. The van der Waals surface area contributed by atoms with Crippen LogP contribution in [0.25, 0.3) is 5.82 Å². The summed E-state index contributed by atoms with van der Waals surface area (Å²) >= 11 is 0. The summed E-state index contributed by atoms with van der Waals surface area (Å²) in [5.41, 5.74) is -0.375. The van der Waals surface area contributed by atoms with E-state index < -0.39 is 17.4 Å². The van der Waals surface area contributed by atoms with Gasteiger partial charge in [-0.2, -0.15) is 23.0 Å². The second-order valence-electron chi connectivity index (χ2n) is 3.64. The van der Waals surface area contributed by atoms with Gasteiger partial charge in [0.1, 0.15) is 5.69 Å². The van der Waals surface area contributed by atoms with Crippen molar-refractivity contribution in [1.29, 1.82) is 0 Å². The van der Waals surface area contributed by atoms with E-state index in [1.54, 1.807) is 13.8 Å². The Labute approximate surface area is 93.2 Å². The average molecular weight is 246 g/mol. The van der Waals surface area contributed by atoms with Gasteiger partial charge in [-0.3, -0.25) is 15.0 Å². The number of aromatic nitrogens is 4. The highest BCUT2D eigenvalue weighted by atomic mass is 19.4. The molecule has 2 rings (SSSR count). The van der Waals surface area contributed by atoms with Crippen molar-refractivity contribution in [2.24, 2.45) is 0 Å². The zero-order chi connectivity index (χ0) is 12.8. The number of rotatable bonds is 1. The first kappa shape index (κ1) is 11.5. The van der Waals surface area contributed by atoms with Crippen molar-refractivity contribution in [2.75, 3.05) is 0 Å². The van der Waals surface area contributed by atoms with E-state index in [1.165, 1.54) is 0 Å². The van der Waals surface area contributed by atoms with Gasteiger partial charge in [-0.25, -0.2) is 0 Å². The second-order valence-corrected chi connectivity index (χ2v) is 3.64. The first-order valence-corrected chi connectivity index (χ1v) is 4.72. The predicted molar refractivity (Wildman–Crippen MR) is 53.0 cm³/mol. The SMILES string of the molecule is Cc1[nH]n(-c2cc(C(F)(F)F)[nH]n2)c(=O)c1C. The molecule has 5 nitrogen and oxygen atoms in total. The maximum Gasteiger partial charge on any atom is 0.432 e. The lowest BCUT2D eigenvalue weighted by atomic mass is 10.3. The summed E-state index contributed by atoms with van der Waals surface area (Å²) in [6, 6.07) is 0.775. The van der Waals surface area contributed by atoms with Crippen molar-refractivity contribution in [1.82, 2.24) is 20.0 Å². The molecule has 0 saturated heterocycles. The van der Waals surface area contributed by atoms with Crippen LogP contribution in [0.5, 0.6) is 0 Å². The van der Waals surface area contributed by atoms with E-state index >= 15 is 0 Å². The van der Waals surface area contributed by atoms with E-state index in [0.717, 1.165) is 10.7 Å². The Kier molecular flexibility index (Phi) is 2.37. The third-order valence-corrected chi connectivity index (χ3v) is 2.46. The number of hydrogen-bond acceptors (Lipinski definition) is 2. The fourth-order valence-corrected chi connectivity index (χ4v) is 1.36. The van der Waals surface area contributed by atoms with Crippen molar-refractivity contribution >= 4 is 0 Å². The van der Waals surface area contributed by atoms with E-state index in [1.807, 2.05) is 5.10 Å². The van der Waals surface area contributed by atoms with Gasteiger partial charge in [0.15, 0.2) is 5.82 Å². The van der Waals surface area contributed by atoms with Crippen LogP contribution in [0.2, 0.25) is 0 Å². The monoisotopic (exact) mass is 246 g/mol. The van der Waals surface area contributed by atoms with Crippen molar-refractivity contribution < 1.29 is 13.2 Å². The van der Waals surface area contributed by atoms with Crippen LogP contribution in [0.4, 0.5) is 13.2 Å². The summed E-state index contributed by atoms with van der Waals surface area (Å²) in [6.07, 6.45) is -4.51. The molecule has 0 saturated carbocycles. The topological polar surface area (TPSA) is 66.5 Å². The number of aryl methyl sites for hydroxylation is 1. The van der Waals surface area contributed by atoms with Gasteiger partial charge in [-0.1, -0.05) is 0 Å². The van der Waals surface area contributed by atoms with Gasteiger partial charge < -0.3 is 0 Å². The molecule has 2 aromatic heterocycles. The number of alkyl halides is 3. The number of halogens is 3. The highest BCUT2D eigenvalue weighted by Crippen LogP contribution is 2.28. The number of H-pyrrole nitrogens is 2. The maximum absolute atomic E-state index is 12.3. The lowest BCUT2D eigenvalue weighted by Crippen LogP contribution is -2.16. The first-order valence-electron chi connectivity index (χ1n) is 4.72. The molecule has 17 heavy (non-hydrogen) atoms. The van der Waals surface area contributed by atoms with E-state index in [2.05, 4.69) is 10.2 Å². The lowest BCUT2D eigenvalue weighted by molar-refractivity contribution is -0.141. The van der Waals surface area contributed by atoms with Gasteiger partial charge in [-0.15, -0.1) is 0 Å². The molecule has 0 atom stereocenters. The zero-order valence-electron chi connectivity index (χ0n) is 9.01. The molecule has 0 fully saturated rings. The van der Waals surface area contributed by atoms with Crippen LogP contribution in [0.1, 0.15) is 17.0 Å². The molecule has 2 aromatic rings. The number of aromatic amines is 2. The van der Waals surface area contributed by atoms with Gasteiger partial charge in [0.2, 0.25) is 0 Å². The molecule has 0 aliphatic carbocycles. The number of hydrogen-bond donors (Lipinski definition) is 2. The Morgan fingerprint density at radius 3 is 2.41 bits per heavy atom. The zero-order valence-corrected chi connectivity index (χ0v) is 9.01. The molecule has 0 bridgehead atoms. The summed E-state index contributed by atoms with van der Waals surface area (Å²) in [7, 11) is 0. The van der Waals surface area contributed by atoms with Crippen LogP contribution in [0, 0.1) is 13.8 Å². The van der Waals surface area contributed by atoms with Crippen molar-refractivity contribution in [3.63, 3.8) is 0 Å². The average Bonchev–Trinajstić information content (AvgIpc) is 2.79. The van der Waals surface area contributed by atoms with E-state index in [9.17, 15) is 18.0 Å². The van der Waals surface area contributed by atoms with Crippen molar-refractivity contribution in [3.05, 3.63) is 33.4 Å². The van der Waals surface area contributed by atoms with Gasteiger partial charge in [0.05, 0.1) is 0 Å². The minimum atomic E-state index is -4.51. The molecule has 0 spiro atoms. The largest absolute Gasteiger partial charge is 0.432 e. The second kappa shape index (κ2) is 3.51. The number of nitrogens with one attached hydrogen (secondary N) is 2. The molecule has 2 heterocycles. The Morgan fingerprint density at radius 2 is 2.00 bits per heavy atom. The van der Waals surface area contributed by atoms with Crippen LogP contribution in [0.3, 0.4) is 0 Å². The van der Waals surface area contributed by atoms with Crippen molar-refractivity contribution in [2.45, 2.75) is 20.0 Å². The van der Waals surface area contributed by atoms with Gasteiger partial charge in [-0.05, 0) is 13.8 Å². The molecule has 0 amide bonds. The Morgan fingerprint density at radius 1 is 1.35 bits per heavy atom. The molecule has 0 aliphatic heterocycles. The maximum atomic E-state index is 12.3. The molecule has 2 N–H and O–H groups in total. The van der Waals surface area contributed by atoms with Crippen LogP contribution in [-0.4, -0.2) is 20.0 Å². The highest BCUT2D eigenvalue weighted by molar-refractivity contribution is 5.27. The minimum Gasteiger partial charge on any atom is -0.294 e. The predicted octanol–water partition coefficient (Wildman–Crippen LogP) is 1.52. The first-order chi connectivity index (χ1) is 7.80. The Hall–Kier alpha value is -1.99. The molecular formula is C9H9F3N4O. The molecule has 8 heteroatoms. The molecule has 0 radical (unpaired) electrons. The van der Waals surface area contributed by atoms with Crippen LogP contribution in [0.15, 0.2) is 10.9 Å². The summed E-state index contributed by atoms with van der Waals surface area (Å²) in [5, 5.41) is 7.95. The lowest BCUT2D eigenvalue weighted by Gasteiger charge is -1.99. The normalized spacial score (nSPS) is 12.1.